The molecule has 1 nitrogen and oxygen atoms in total. The highest BCUT2D eigenvalue weighted by Gasteiger charge is 2.23. The fraction of sp³-hybridized carbons (Fsp3) is 0.333. The second-order valence-corrected chi connectivity index (χ2v) is 7.05. The molecule has 0 bridgehead atoms. The molecule has 0 spiro atoms. The van der Waals surface area contributed by atoms with Crippen LogP contribution in [-0.2, 0) is 5.41 Å². The fourth-order valence-corrected chi connectivity index (χ4v) is 2.93. The monoisotopic (exact) mass is 321 g/mol. The maximum Gasteiger partial charge on any atom is 0.0595 e. The summed E-state index contributed by atoms with van der Waals surface area (Å²) in [6.07, 6.45) is 0. The van der Waals surface area contributed by atoms with Crippen molar-refractivity contribution >= 4 is 23.2 Å². The molecule has 0 aliphatic heterocycles. The largest absolute Gasteiger partial charge is 0.309 e. The van der Waals surface area contributed by atoms with E-state index in [0.29, 0.717) is 10.0 Å². The molecule has 0 amide bonds. The van der Waals surface area contributed by atoms with Crippen LogP contribution in [0.25, 0.3) is 0 Å². The molecule has 0 aliphatic carbocycles. The number of hydrogen-bond donors (Lipinski definition) is 1. The minimum Gasteiger partial charge on any atom is -0.309 e. The van der Waals surface area contributed by atoms with Crippen LogP contribution in [-0.4, -0.2) is 7.05 Å². The summed E-state index contributed by atoms with van der Waals surface area (Å²) in [6.45, 7) is 6.69. The van der Waals surface area contributed by atoms with Crippen molar-refractivity contribution in [2.75, 3.05) is 7.05 Å². The van der Waals surface area contributed by atoms with Crippen molar-refractivity contribution in [3.63, 3.8) is 0 Å². The highest BCUT2D eigenvalue weighted by molar-refractivity contribution is 6.42. The molecule has 112 valence electrons. The van der Waals surface area contributed by atoms with Crippen LogP contribution in [0.15, 0.2) is 42.5 Å². The van der Waals surface area contributed by atoms with Crippen LogP contribution >= 0.6 is 23.2 Å². The number of nitrogens with one attached hydrogen (secondary N) is 1. The van der Waals surface area contributed by atoms with Gasteiger partial charge in [-0.1, -0.05) is 74.3 Å². The lowest BCUT2D eigenvalue weighted by Crippen LogP contribution is -2.23. The fourth-order valence-electron chi connectivity index (χ4n) is 2.63. The molecular weight excluding hydrogens is 301 g/mol. The summed E-state index contributed by atoms with van der Waals surface area (Å²) in [4.78, 5) is 0. The first kappa shape index (κ1) is 16.4. The van der Waals surface area contributed by atoms with Crippen molar-refractivity contribution in [2.45, 2.75) is 32.2 Å². The average molecular weight is 322 g/mol. The minimum absolute atomic E-state index is 0.0852. The third-order valence-corrected chi connectivity index (χ3v) is 4.38. The number of benzene rings is 2. The third-order valence-electron chi connectivity index (χ3n) is 3.65. The summed E-state index contributed by atoms with van der Waals surface area (Å²) in [7, 11) is 1.96. The first-order valence-electron chi connectivity index (χ1n) is 7.06. The molecule has 2 aromatic rings. The summed E-state index contributed by atoms with van der Waals surface area (Å²) < 4.78 is 0. The van der Waals surface area contributed by atoms with E-state index in [4.69, 9.17) is 23.2 Å². The van der Waals surface area contributed by atoms with Crippen LogP contribution in [0.1, 0.15) is 43.5 Å². The van der Waals surface area contributed by atoms with Crippen LogP contribution in [0, 0.1) is 0 Å². The molecular formula is C18H21Cl2N. The van der Waals surface area contributed by atoms with Gasteiger partial charge in [0, 0.05) is 0 Å². The van der Waals surface area contributed by atoms with Crippen molar-refractivity contribution in [3.05, 3.63) is 69.2 Å². The molecule has 1 N–H and O–H groups in total. The predicted octanol–water partition coefficient (Wildman–Crippen LogP) is 5.60. The Morgan fingerprint density at radius 2 is 1.62 bits per heavy atom. The Morgan fingerprint density at radius 1 is 0.952 bits per heavy atom. The van der Waals surface area contributed by atoms with Gasteiger partial charge in [-0.25, -0.2) is 0 Å². The van der Waals surface area contributed by atoms with E-state index in [1.807, 2.05) is 25.2 Å². The standard InChI is InChI=1S/C18H21Cl2N/c1-18(2,3)14-8-6-5-7-13(14)17(21-4)12-9-10-15(19)16(20)11-12/h5-11,17,21H,1-4H3. The quantitative estimate of drug-likeness (QED) is 0.775. The molecule has 2 aromatic carbocycles. The van der Waals surface area contributed by atoms with Crippen LogP contribution in [0.3, 0.4) is 0 Å². The first-order valence-corrected chi connectivity index (χ1v) is 7.82. The van der Waals surface area contributed by atoms with E-state index in [-0.39, 0.29) is 11.5 Å². The van der Waals surface area contributed by atoms with Crippen molar-refractivity contribution in [3.8, 4) is 0 Å². The van der Waals surface area contributed by atoms with Gasteiger partial charge in [0.1, 0.15) is 0 Å². The summed E-state index contributed by atoms with van der Waals surface area (Å²) >= 11 is 12.2. The van der Waals surface area contributed by atoms with E-state index in [9.17, 15) is 0 Å². The molecule has 0 heterocycles. The van der Waals surface area contributed by atoms with Gasteiger partial charge in [0.2, 0.25) is 0 Å². The Kier molecular flexibility index (Phi) is 4.98. The Morgan fingerprint density at radius 3 is 2.19 bits per heavy atom. The highest BCUT2D eigenvalue weighted by Crippen LogP contribution is 2.34. The first-order chi connectivity index (χ1) is 9.84. The zero-order valence-corrected chi connectivity index (χ0v) is 14.4. The lowest BCUT2D eigenvalue weighted by molar-refractivity contribution is 0.567. The van der Waals surface area contributed by atoms with Crippen LogP contribution in [0.5, 0.6) is 0 Å². The van der Waals surface area contributed by atoms with E-state index in [2.05, 4.69) is 50.4 Å². The normalized spacial score (nSPS) is 13.2. The second-order valence-electron chi connectivity index (χ2n) is 6.23. The smallest absolute Gasteiger partial charge is 0.0595 e. The van der Waals surface area contributed by atoms with Crippen LogP contribution in [0.2, 0.25) is 10.0 Å². The van der Waals surface area contributed by atoms with E-state index in [0.717, 1.165) is 5.56 Å². The molecule has 0 aliphatic rings. The number of rotatable bonds is 3. The molecule has 1 atom stereocenters. The maximum absolute atomic E-state index is 6.17. The molecule has 2 rings (SSSR count). The number of hydrogen-bond acceptors (Lipinski definition) is 1. The second kappa shape index (κ2) is 6.39. The van der Waals surface area contributed by atoms with Crippen LogP contribution in [0.4, 0.5) is 0 Å². The predicted molar refractivity (Wildman–Crippen MR) is 92.5 cm³/mol. The Hall–Kier alpha value is -1.02. The van der Waals surface area contributed by atoms with Gasteiger partial charge in [-0.3, -0.25) is 0 Å². The zero-order chi connectivity index (χ0) is 15.6. The summed E-state index contributed by atoms with van der Waals surface area (Å²) in [5.41, 5.74) is 3.80. The molecule has 1 unspecified atom stereocenters. The van der Waals surface area contributed by atoms with Crippen molar-refractivity contribution < 1.29 is 0 Å². The van der Waals surface area contributed by atoms with E-state index in [1.165, 1.54) is 11.1 Å². The SMILES string of the molecule is CNC(c1ccc(Cl)c(Cl)c1)c1ccccc1C(C)(C)C. The van der Waals surface area contributed by atoms with Gasteiger partial charge in [0.15, 0.2) is 0 Å². The molecule has 3 heteroatoms. The molecule has 0 saturated heterocycles. The van der Waals surface area contributed by atoms with Gasteiger partial charge in [-0.2, -0.15) is 0 Å². The maximum atomic E-state index is 6.17. The summed E-state index contributed by atoms with van der Waals surface area (Å²) in [5.74, 6) is 0. The summed E-state index contributed by atoms with van der Waals surface area (Å²) in [5, 5.41) is 4.56. The van der Waals surface area contributed by atoms with E-state index >= 15 is 0 Å². The molecule has 0 radical (unpaired) electrons. The van der Waals surface area contributed by atoms with Crippen molar-refractivity contribution in [1.29, 1.82) is 0 Å². The Labute approximate surface area is 137 Å². The van der Waals surface area contributed by atoms with Gasteiger partial charge < -0.3 is 5.32 Å². The molecule has 0 fully saturated rings. The summed E-state index contributed by atoms with van der Waals surface area (Å²) in [6, 6.07) is 14.4. The Bertz CT molecular complexity index is 629. The Balaban J connectivity index is 2.54. The molecule has 21 heavy (non-hydrogen) atoms. The van der Waals surface area contributed by atoms with Crippen LogP contribution < -0.4 is 5.32 Å². The van der Waals surface area contributed by atoms with Gasteiger partial charge >= 0.3 is 0 Å². The van der Waals surface area contributed by atoms with Crippen molar-refractivity contribution in [1.82, 2.24) is 5.32 Å². The minimum atomic E-state index is 0.0852. The number of halogens is 2. The van der Waals surface area contributed by atoms with E-state index < -0.39 is 0 Å². The lowest BCUT2D eigenvalue weighted by Gasteiger charge is -2.28. The van der Waals surface area contributed by atoms with Gasteiger partial charge in [0.05, 0.1) is 16.1 Å². The van der Waals surface area contributed by atoms with Crippen molar-refractivity contribution in [2.24, 2.45) is 0 Å². The van der Waals surface area contributed by atoms with Gasteiger partial charge in [-0.05, 0) is 41.3 Å². The lowest BCUT2D eigenvalue weighted by atomic mass is 9.80. The molecule has 0 aromatic heterocycles. The average Bonchev–Trinajstić information content (AvgIpc) is 2.43. The third kappa shape index (κ3) is 3.60. The molecule has 0 saturated carbocycles. The highest BCUT2D eigenvalue weighted by atomic mass is 35.5. The topological polar surface area (TPSA) is 12.0 Å². The van der Waals surface area contributed by atoms with Gasteiger partial charge in [0.25, 0.3) is 0 Å². The van der Waals surface area contributed by atoms with Gasteiger partial charge in [-0.15, -0.1) is 0 Å². The van der Waals surface area contributed by atoms with E-state index in [1.54, 1.807) is 0 Å². The zero-order valence-electron chi connectivity index (χ0n) is 12.9.